The summed E-state index contributed by atoms with van der Waals surface area (Å²) in [5.74, 6) is -9.62. The van der Waals surface area contributed by atoms with Gasteiger partial charge in [0.1, 0.15) is 23.8 Å². The first kappa shape index (κ1) is 51.6. The first-order chi connectivity index (χ1) is 31.5. The molecule has 0 radical (unpaired) electrons. The second-order valence-corrected chi connectivity index (χ2v) is 16.2. The van der Waals surface area contributed by atoms with Crippen LogP contribution in [0.3, 0.4) is 0 Å². The first-order valence-corrected chi connectivity index (χ1v) is 21.8. The molecule has 0 aliphatic carbocycles. The van der Waals surface area contributed by atoms with Gasteiger partial charge in [0, 0.05) is 31.6 Å². The van der Waals surface area contributed by atoms with Gasteiger partial charge < -0.3 is 41.5 Å². The van der Waals surface area contributed by atoms with Gasteiger partial charge in [0.2, 0.25) is 29.6 Å². The number of carbonyl (C=O) groups is 7. The third-order valence-electron chi connectivity index (χ3n) is 11.2. The SMILES string of the molecule is C/C=C1/NC(=O)CC[C@H](C(=O)O)NC(=O)[C@@H](C)[C@H](/C=C/C(C)=C/[C@H](C)[C@H](Cc2ccccc2)OC)NC(=O)[C@H](CCCN=C2N=CC(c3ccccc3)=N2)NC(=O)[C@@H](C)[C@H](C(=O)O)NC1=O. The third-order valence-corrected chi connectivity index (χ3v) is 11.2. The van der Waals surface area contributed by atoms with Crippen molar-refractivity contribution in [1.29, 1.82) is 0 Å². The molecule has 2 aromatic carbocycles. The Morgan fingerprint density at radius 3 is 2.20 bits per heavy atom. The van der Waals surface area contributed by atoms with Crippen molar-refractivity contribution in [1.82, 2.24) is 26.6 Å². The molecule has 0 spiro atoms. The van der Waals surface area contributed by atoms with Gasteiger partial charge in [-0.05, 0) is 45.1 Å². The molecule has 0 bridgehead atoms. The summed E-state index contributed by atoms with van der Waals surface area (Å²) in [6.07, 6.45) is 7.92. The fourth-order valence-electron chi connectivity index (χ4n) is 7.17. The number of carboxylic acids is 2. The monoisotopic (exact) mass is 908 g/mol. The summed E-state index contributed by atoms with van der Waals surface area (Å²) in [6, 6.07) is 13.5. The third kappa shape index (κ3) is 15.6. The standard InChI is InChI=1S/C48H60N8O10/c1-7-34-44(60)56-41(47(64)65)31(5)43(59)53-36(19-14-24-49-48-50-27-38(55-48)33-17-12-9-13-18-33)45(61)52-35(30(4)42(58)54-37(46(62)63)22-23-40(57)51-34)21-20-28(2)25-29(3)39(66-6)26-32-15-10-8-11-16-32/h7-13,15-18,20-21,25,27,29-31,35-37,39,41H,14,19,22-24,26H2,1-6H3,(H,51,57)(H,52,61)(H,53,59)(H,54,58)(H,56,60)(H,62,63)(H,64,65)/b21-20+,28-25+,34-7+,49-48?/t29-,30-,31-,35-,36-,37+,39-,41+/m0/s1. The summed E-state index contributed by atoms with van der Waals surface area (Å²) >= 11 is 0. The summed E-state index contributed by atoms with van der Waals surface area (Å²) < 4.78 is 5.82. The number of ether oxygens (including phenoxy) is 1. The molecule has 7 N–H and O–H groups in total. The molecule has 2 aliphatic heterocycles. The molecule has 2 aromatic rings. The van der Waals surface area contributed by atoms with Crippen LogP contribution in [0.1, 0.15) is 71.4 Å². The maximum absolute atomic E-state index is 14.4. The number of benzene rings is 2. The van der Waals surface area contributed by atoms with Gasteiger partial charge in [0.05, 0.1) is 35.9 Å². The van der Waals surface area contributed by atoms with Gasteiger partial charge in [-0.1, -0.05) is 111 Å². The van der Waals surface area contributed by atoms with E-state index in [1.807, 2.05) is 80.6 Å². The van der Waals surface area contributed by atoms with E-state index in [1.165, 1.54) is 26.8 Å². The van der Waals surface area contributed by atoms with Crippen molar-refractivity contribution in [3.05, 3.63) is 107 Å². The summed E-state index contributed by atoms with van der Waals surface area (Å²) in [5.41, 5.74) is 2.98. The number of carbonyl (C=O) groups excluding carboxylic acids is 5. The number of guanidine groups is 1. The molecular formula is C48H60N8O10. The average Bonchev–Trinajstić information content (AvgIpc) is 3.78. The number of hydrogen-bond donors (Lipinski definition) is 7. The molecule has 0 aromatic heterocycles. The van der Waals surface area contributed by atoms with Crippen molar-refractivity contribution < 1.29 is 48.5 Å². The predicted molar refractivity (Wildman–Crippen MR) is 248 cm³/mol. The summed E-state index contributed by atoms with van der Waals surface area (Å²) in [5, 5.41) is 32.7. The van der Waals surface area contributed by atoms with E-state index in [9.17, 15) is 43.8 Å². The van der Waals surface area contributed by atoms with E-state index in [0.29, 0.717) is 12.1 Å². The quantitative estimate of drug-likeness (QED) is 0.0826. The van der Waals surface area contributed by atoms with Gasteiger partial charge in [-0.25, -0.2) is 24.6 Å². The van der Waals surface area contributed by atoms with E-state index >= 15 is 0 Å². The van der Waals surface area contributed by atoms with E-state index in [4.69, 9.17) is 4.74 Å². The van der Waals surface area contributed by atoms with E-state index in [-0.39, 0.29) is 49.5 Å². The van der Waals surface area contributed by atoms with Crippen LogP contribution in [0.4, 0.5) is 0 Å². The van der Waals surface area contributed by atoms with Gasteiger partial charge in [0.25, 0.3) is 5.91 Å². The first-order valence-electron chi connectivity index (χ1n) is 21.8. The molecule has 2 heterocycles. The Kier molecular flexibility index (Phi) is 19.9. The highest BCUT2D eigenvalue weighted by Gasteiger charge is 2.36. The fourth-order valence-corrected chi connectivity index (χ4v) is 7.17. The van der Waals surface area contributed by atoms with E-state index in [1.54, 1.807) is 25.5 Å². The maximum atomic E-state index is 14.4. The minimum Gasteiger partial charge on any atom is -0.480 e. The Morgan fingerprint density at radius 1 is 0.894 bits per heavy atom. The molecule has 4 rings (SSSR count). The number of nitrogens with zero attached hydrogens (tertiary/aromatic N) is 3. The number of aliphatic carboxylic acids is 2. The highest BCUT2D eigenvalue weighted by molar-refractivity contribution is 6.44. The lowest BCUT2D eigenvalue weighted by Gasteiger charge is -2.27. The average molecular weight is 909 g/mol. The second kappa shape index (κ2) is 25.4. The van der Waals surface area contributed by atoms with Crippen LogP contribution in [0.5, 0.6) is 0 Å². The molecule has 2 aliphatic rings. The summed E-state index contributed by atoms with van der Waals surface area (Å²) in [7, 11) is 1.64. The highest BCUT2D eigenvalue weighted by atomic mass is 16.5. The smallest absolute Gasteiger partial charge is 0.327 e. The molecule has 0 saturated carbocycles. The van der Waals surface area contributed by atoms with Gasteiger partial charge in [0.15, 0.2) is 0 Å². The summed E-state index contributed by atoms with van der Waals surface area (Å²) in [4.78, 5) is 106. The lowest BCUT2D eigenvalue weighted by atomic mass is 9.94. The number of amides is 5. The Balaban J connectivity index is 1.68. The zero-order chi connectivity index (χ0) is 48.3. The highest BCUT2D eigenvalue weighted by Crippen LogP contribution is 2.19. The van der Waals surface area contributed by atoms with Crippen molar-refractivity contribution in [2.75, 3.05) is 13.7 Å². The Labute approximate surface area is 384 Å². The van der Waals surface area contributed by atoms with Gasteiger partial charge in [-0.3, -0.25) is 24.0 Å². The topological polar surface area (TPSA) is 266 Å². The normalized spacial score (nSPS) is 25.1. The maximum Gasteiger partial charge on any atom is 0.327 e. The lowest BCUT2D eigenvalue weighted by molar-refractivity contribution is -0.146. The van der Waals surface area contributed by atoms with E-state index < -0.39 is 83.9 Å². The Bertz CT molecular complexity index is 2260. The molecule has 18 heteroatoms. The van der Waals surface area contributed by atoms with Crippen LogP contribution >= 0.6 is 0 Å². The number of aliphatic imine (C=N–C) groups is 3. The minimum absolute atomic E-state index is 0.0206. The largest absolute Gasteiger partial charge is 0.480 e. The molecule has 1 saturated heterocycles. The Hall–Kier alpha value is -7.08. The summed E-state index contributed by atoms with van der Waals surface area (Å²) in [6.45, 7) is 8.14. The number of rotatable bonds is 14. The number of hydrogen-bond acceptors (Lipinski definition) is 9. The van der Waals surface area contributed by atoms with Crippen LogP contribution in [-0.2, 0) is 44.7 Å². The van der Waals surface area contributed by atoms with Crippen LogP contribution in [-0.4, -0.2) is 113 Å². The molecule has 5 amide bonds. The van der Waals surface area contributed by atoms with Crippen molar-refractivity contribution in [2.24, 2.45) is 32.7 Å². The van der Waals surface area contributed by atoms with Crippen molar-refractivity contribution >= 4 is 59.4 Å². The minimum atomic E-state index is -1.81. The van der Waals surface area contributed by atoms with Crippen LogP contribution in [0.15, 0.2) is 111 Å². The van der Waals surface area contributed by atoms with Crippen molar-refractivity contribution in [2.45, 2.75) is 97.0 Å². The Morgan fingerprint density at radius 2 is 1.56 bits per heavy atom. The predicted octanol–water partition coefficient (Wildman–Crippen LogP) is 3.29. The van der Waals surface area contributed by atoms with Crippen molar-refractivity contribution in [3.63, 3.8) is 0 Å². The fraction of sp³-hybridized carbons (Fsp3) is 0.417. The van der Waals surface area contributed by atoms with Crippen LogP contribution in [0, 0.1) is 17.8 Å². The second-order valence-electron chi connectivity index (χ2n) is 16.2. The number of allylic oxidation sites excluding steroid dienone is 3. The molecule has 18 nitrogen and oxygen atoms in total. The van der Waals surface area contributed by atoms with Gasteiger partial charge >= 0.3 is 11.9 Å². The van der Waals surface area contributed by atoms with Crippen LogP contribution in [0.25, 0.3) is 0 Å². The molecule has 352 valence electrons. The zero-order valence-corrected chi connectivity index (χ0v) is 38.0. The van der Waals surface area contributed by atoms with E-state index in [0.717, 1.165) is 16.7 Å². The van der Waals surface area contributed by atoms with Crippen LogP contribution in [0.2, 0.25) is 0 Å². The van der Waals surface area contributed by atoms with Gasteiger partial charge in [-0.15, -0.1) is 0 Å². The molecular weight excluding hydrogens is 849 g/mol. The number of methoxy groups -OCH3 is 1. The molecule has 1 fully saturated rings. The van der Waals surface area contributed by atoms with Crippen molar-refractivity contribution in [3.8, 4) is 0 Å². The van der Waals surface area contributed by atoms with Crippen LogP contribution < -0.4 is 26.6 Å². The molecule has 0 unspecified atom stereocenters. The lowest BCUT2D eigenvalue weighted by Crippen LogP contribution is -2.56. The van der Waals surface area contributed by atoms with E-state index in [2.05, 4.69) is 41.6 Å². The molecule has 66 heavy (non-hydrogen) atoms. The number of nitrogens with one attached hydrogen (secondary N) is 5. The number of carboxylic acid groups (broad SMARTS) is 2. The van der Waals surface area contributed by atoms with Gasteiger partial charge in [-0.2, -0.15) is 0 Å². The zero-order valence-electron chi connectivity index (χ0n) is 38.0. The molecule has 8 atom stereocenters.